The predicted octanol–water partition coefficient (Wildman–Crippen LogP) is 2.16. The zero-order chi connectivity index (χ0) is 23.0. The first kappa shape index (κ1) is 22.4. The fourth-order valence-corrected chi connectivity index (χ4v) is 6.53. The average molecular weight is 473 g/mol. The van der Waals surface area contributed by atoms with Gasteiger partial charge in [-0.05, 0) is 72.4 Å². The van der Waals surface area contributed by atoms with E-state index in [0.29, 0.717) is 33.0 Å². The number of benzene rings is 1. The third-order valence-electron chi connectivity index (χ3n) is 7.02. The van der Waals surface area contributed by atoms with Crippen LogP contribution in [0.1, 0.15) is 35.1 Å². The van der Waals surface area contributed by atoms with Crippen LogP contribution in [0.3, 0.4) is 0 Å². The summed E-state index contributed by atoms with van der Waals surface area (Å²) in [6.45, 7) is 2.55. The van der Waals surface area contributed by atoms with Crippen molar-refractivity contribution in [1.82, 2.24) is 14.5 Å². The Morgan fingerprint density at radius 3 is 2.52 bits per heavy atom. The topological polar surface area (TPSA) is 91.0 Å². The minimum atomic E-state index is -3.74. The van der Waals surface area contributed by atoms with E-state index in [1.807, 2.05) is 30.3 Å². The summed E-state index contributed by atoms with van der Waals surface area (Å²) in [7, 11) is -1.80. The molecule has 1 aromatic rings. The number of hydrogen-bond acceptors (Lipinski definition) is 6. The van der Waals surface area contributed by atoms with Crippen molar-refractivity contribution in [2.45, 2.75) is 43.8 Å². The smallest absolute Gasteiger partial charge is 0.332 e. The van der Waals surface area contributed by atoms with Crippen LogP contribution < -0.4 is 10.0 Å². The van der Waals surface area contributed by atoms with Gasteiger partial charge < -0.3 is 15.0 Å². The van der Waals surface area contributed by atoms with Crippen LogP contribution in [0.2, 0.25) is 0 Å². The van der Waals surface area contributed by atoms with Gasteiger partial charge in [0.25, 0.3) is 0 Å². The first-order chi connectivity index (χ1) is 15.9. The van der Waals surface area contributed by atoms with Gasteiger partial charge >= 0.3 is 6.03 Å². The first-order valence-corrected chi connectivity index (χ1v) is 13.3. The Bertz CT molecular complexity index is 1070. The molecule has 0 aromatic heterocycles. The van der Waals surface area contributed by atoms with Gasteiger partial charge in [0.1, 0.15) is 12.0 Å². The molecular weight excluding hydrogens is 440 g/mol. The van der Waals surface area contributed by atoms with Crippen LogP contribution in [-0.2, 0) is 40.4 Å². The van der Waals surface area contributed by atoms with Gasteiger partial charge in [0, 0.05) is 38.6 Å². The Labute approximate surface area is 195 Å². The second-order valence-electron chi connectivity index (χ2n) is 9.50. The van der Waals surface area contributed by atoms with E-state index in [-0.39, 0.29) is 0 Å². The van der Waals surface area contributed by atoms with E-state index in [2.05, 4.69) is 21.0 Å². The molecule has 2 heterocycles. The van der Waals surface area contributed by atoms with Crippen molar-refractivity contribution < 1.29 is 17.9 Å². The number of nitrogens with zero attached hydrogens (tertiary/aromatic N) is 2. The van der Waals surface area contributed by atoms with Gasteiger partial charge in [0.05, 0.1) is 6.61 Å². The summed E-state index contributed by atoms with van der Waals surface area (Å²) < 4.78 is 33.4. The summed E-state index contributed by atoms with van der Waals surface area (Å²) >= 11 is 0. The Morgan fingerprint density at radius 1 is 1.12 bits per heavy atom. The summed E-state index contributed by atoms with van der Waals surface area (Å²) in [6.07, 6.45) is 12.1. The molecule has 1 fully saturated rings. The molecule has 178 valence electrons. The second kappa shape index (κ2) is 9.12. The number of carbonyl (C=O) groups is 1. The second-order valence-corrected chi connectivity index (χ2v) is 11.5. The molecular formula is C24H32N4O4S. The zero-order valence-corrected chi connectivity index (χ0v) is 19.9. The standard InChI is InChI=1S/C24H32N4O4S/c1-27-10-8-17(9-11-32-16-27)13-28-14-20(15-28)33(30,31)26-24(29)25-23-21-6-2-4-18(21)12-19-5-3-7-22(19)23/h8-10,12,20H,2-7,11,13-16H2,1H3,(H2,25,26,29)/b10-8-,17-9+. The number of amides is 2. The summed E-state index contributed by atoms with van der Waals surface area (Å²) in [4.78, 5) is 16.7. The lowest BCUT2D eigenvalue weighted by Crippen LogP contribution is -2.58. The quantitative estimate of drug-likeness (QED) is 0.683. The lowest BCUT2D eigenvalue weighted by molar-refractivity contribution is 0.0840. The molecule has 4 aliphatic rings. The molecule has 0 unspecified atom stereocenters. The monoisotopic (exact) mass is 472 g/mol. The average Bonchev–Trinajstić information content (AvgIpc) is 3.37. The zero-order valence-electron chi connectivity index (χ0n) is 19.1. The summed E-state index contributed by atoms with van der Waals surface area (Å²) in [5, 5.41) is 2.33. The van der Waals surface area contributed by atoms with E-state index in [1.54, 1.807) is 0 Å². The largest absolute Gasteiger partial charge is 0.358 e. The van der Waals surface area contributed by atoms with Gasteiger partial charge in [-0.2, -0.15) is 0 Å². The highest BCUT2D eigenvalue weighted by Gasteiger charge is 2.38. The summed E-state index contributed by atoms with van der Waals surface area (Å²) in [5.74, 6) is 0. The molecule has 1 aromatic carbocycles. The lowest BCUT2D eigenvalue weighted by Gasteiger charge is -2.38. The molecule has 33 heavy (non-hydrogen) atoms. The number of anilines is 1. The third-order valence-corrected chi connectivity index (χ3v) is 8.66. The molecule has 0 bridgehead atoms. The van der Waals surface area contributed by atoms with Crippen molar-refractivity contribution in [3.05, 3.63) is 52.2 Å². The highest BCUT2D eigenvalue weighted by atomic mass is 32.2. The number of rotatable bonds is 5. The van der Waals surface area contributed by atoms with E-state index in [9.17, 15) is 13.2 Å². The number of carbonyl (C=O) groups excluding carboxylic acids is 1. The number of fused-ring (bicyclic) bond motifs is 2. The SMILES string of the molecule is CN1/C=C\C(CN2CC(S(=O)(=O)NC(=O)Nc3c4c(cc5c3CCC5)CCC4)C2)=C/COC1. The Hall–Kier alpha value is -2.36. The maximum atomic E-state index is 12.8. The number of urea groups is 1. The highest BCUT2D eigenvalue weighted by molar-refractivity contribution is 7.90. The molecule has 2 N–H and O–H groups in total. The maximum Gasteiger partial charge on any atom is 0.332 e. The summed E-state index contributed by atoms with van der Waals surface area (Å²) in [6, 6.07) is 1.65. The number of ether oxygens (including phenoxy) is 1. The maximum absolute atomic E-state index is 12.8. The molecule has 1 saturated heterocycles. The molecule has 0 atom stereocenters. The van der Waals surface area contributed by atoms with Crippen molar-refractivity contribution in [1.29, 1.82) is 0 Å². The number of nitrogens with one attached hydrogen (secondary N) is 2. The minimum Gasteiger partial charge on any atom is -0.358 e. The van der Waals surface area contributed by atoms with E-state index in [0.717, 1.165) is 49.8 Å². The van der Waals surface area contributed by atoms with Crippen LogP contribution in [-0.4, -0.2) is 69.5 Å². The molecule has 0 spiro atoms. The fraction of sp³-hybridized carbons (Fsp3) is 0.542. The number of aryl methyl sites for hydroxylation is 2. The Balaban J connectivity index is 1.18. The Kier molecular flexibility index (Phi) is 6.20. The number of sulfonamides is 1. The summed E-state index contributed by atoms with van der Waals surface area (Å²) in [5.41, 5.74) is 6.93. The molecule has 2 amide bonds. The molecule has 8 nitrogen and oxygen atoms in total. The van der Waals surface area contributed by atoms with E-state index >= 15 is 0 Å². The highest BCUT2D eigenvalue weighted by Crippen LogP contribution is 2.38. The van der Waals surface area contributed by atoms with E-state index in [4.69, 9.17) is 4.74 Å². The van der Waals surface area contributed by atoms with Crippen molar-refractivity contribution >= 4 is 21.7 Å². The molecule has 9 heteroatoms. The van der Waals surface area contributed by atoms with Crippen LogP contribution in [0.5, 0.6) is 0 Å². The normalized spacial score (nSPS) is 23.5. The van der Waals surface area contributed by atoms with Crippen LogP contribution in [0, 0.1) is 0 Å². The number of hydrogen-bond donors (Lipinski definition) is 2. The molecule has 5 rings (SSSR count). The molecule has 0 saturated carbocycles. The lowest BCUT2D eigenvalue weighted by atomic mass is 9.99. The van der Waals surface area contributed by atoms with Gasteiger partial charge in [0.2, 0.25) is 10.0 Å². The first-order valence-electron chi connectivity index (χ1n) is 11.8. The van der Waals surface area contributed by atoms with E-state index in [1.165, 1.54) is 22.3 Å². The molecule has 0 radical (unpaired) electrons. The van der Waals surface area contributed by atoms with Gasteiger partial charge in [-0.3, -0.25) is 4.90 Å². The molecule has 2 aliphatic carbocycles. The van der Waals surface area contributed by atoms with E-state index < -0.39 is 21.3 Å². The third kappa shape index (κ3) is 4.81. The van der Waals surface area contributed by atoms with Crippen LogP contribution in [0.4, 0.5) is 10.5 Å². The minimum absolute atomic E-state index is 0.403. The van der Waals surface area contributed by atoms with Crippen LogP contribution in [0.15, 0.2) is 30.0 Å². The Morgan fingerprint density at radius 2 is 1.82 bits per heavy atom. The van der Waals surface area contributed by atoms with Crippen molar-refractivity contribution in [2.24, 2.45) is 0 Å². The fourth-order valence-electron chi connectivity index (χ4n) is 5.24. The predicted molar refractivity (Wildman–Crippen MR) is 128 cm³/mol. The molecule has 2 aliphatic heterocycles. The van der Waals surface area contributed by atoms with Crippen molar-refractivity contribution in [3.8, 4) is 0 Å². The van der Waals surface area contributed by atoms with Crippen molar-refractivity contribution in [3.63, 3.8) is 0 Å². The van der Waals surface area contributed by atoms with Gasteiger partial charge in [-0.25, -0.2) is 17.9 Å². The van der Waals surface area contributed by atoms with Gasteiger partial charge in [-0.15, -0.1) is 0 Å². The van der Waals surface area contributed by atoms with Gasteiger partial charge in [-0.1, -0.05) is 12.1 Å². The van der Waals surface area contributed by atoms with Crippen LogP contribution in [0.25, 0.3) is 0 Å². The van der Waals surface area contributed by atoms with Crippen LogP contribution >= 0.6 is 0 Å². The number of likely N-dealkylation sites (tertiary alicyclic amines) is 1. The van der Waals surface area contributed by atoms with Gasteiger partial charge in [0.15, 0.2) is 0 Å². The van der Waals surface area contributed by atoms with Crippen molar-refractivity contribution in [2.75, 3.05) is 45.3 Å².